The normalized spacial score (nSPS) is 10.6. The third kappa shape index (κ3) is 4.41. The van der Waals surface area contributed by atoms with Gasteiger partial charge in [0.05, 0.1) is 10.7 Å². The number of hydrogen-bond donors (Lipinski definition) is 1. The highest BCUT2D eigenvalue weighted by atomic mass is 35.5. The second-order valence-electron chi connectivity index (χ2n) is 3.94. The number of anilines is 1. The van der Waals surface area contributed by atoms with Gasteiger partial charge in [-0.2, -0.15) is 11.8 Å². The van der Waals surface area contributed by atoms with Crippen LogP contribution in [0.3, 0.4) is 0 Å². The number of nitrogens with one attached hydrogen (secondary N) is 1. The molecule has 0 amide bonds. The molecular formula is C13H21ClN2S. The number of halogens is 1. The molecule has 1 N–H and O–H groups in total. The zero-order valence-corrected chi connectivity index (χ0v) is 12.4. The van der Waals surface area contributed by atoms with Gasteiger partial charge in [0, 0.05) is 25.9 Å². The summed E-state index contributed by atoms with van der Waals surface area (Å²) in [6.45, 7) is 4.97. The highest BCUT2D eigenvalue weighted by Gasteiger charge is 2.10. The van der Waals surface area contributed by atoms with E-state index >= 15 is 0 Å². The van der Waals surface area contributed by atoms with Crippen molar-refractivity contribution in [2.75, 3.05) is 37.0 Å². The van der Waals surface area contributed by atoms with Crippen molar-refractivity contribution in [1.29, 1.82) is 0 Å². The first-order valence-corrected chi connectivity index (χ1v) is 7.66. The van der Waals surface area contributed by atoms with Crippen LogP contribution >= 0.6 is 23.4 Å². The Labute approximate surface area is 114 Å². The average Bonchev–Trinajstić information content (AvgIpc) is 2.33. The van der Waals surface area contributed by atoms with Crippen LogP contribution in [0.4, 0.5) is 5.69 Å². The van der Waals surface area contributed by atoms with Crippen molar-refractivity contribution in [3.63, 3.8) is 0 Å². The minimum absolute atomic E-state index is 0.837. The summed E-state index contributed by atoms with van der Waals surface area (Å²) in [6.07, 6.45) is 2.12. The van der Waals surface area contributed by atoms with E-state index in [2.05, 4.69) is 36.5 Å². The molecule has 0 atom stereocenters. The van der Waals surface area contributed by atoms with E-state index in [9.17, 15) is 0 Å². The second kappa shape index (κ2) is 7.85. The van der Waals surface area contributed by atoms with Crippen LogP contribution in [0.1, 0.15) is 12.5 Å². The molecule has 96 valence electrons. The maximum atomic E-state index is 6.31. The standard InChI is InChI=1S/C13H21ClN2S/c1-4-15-10-11-6-5-7-12(14)13(11)16(2)8-9-17-3/h5-7,15H,4,8-10H2,1-3H3. The van der Waals surface area contributed by atoms with Crippen molar-refractivity contribution >= 4 is 29.1 Å². The third-order valence-electron chi connectivity index (χ3n) is 2.65. The van der Waals surface area contributed by atoms with Crippen molar-refractivity contribution in [1.82, 2.24) is 5.32 Å². The minimum Gasteiger partial charge on any atom is -0.372 e. The fraction of sp³-hybridized carbons (Fsp3) is 0.538. The molecule has 1 rings (SSSR count). The minimum atomic E-state index is 0.837. The van der Waals surface area contributed by atoms with Crippen LogP contribution in [0.25, 0.3) is 0 Å². The van der Waals surface area contributed by atoms with Crippen molar-refractivity contribution < 1.29 is 0 Å². The molecular weight excluding hydrogens is 252 g/mol. The molecule has 1 aromatic rings. The van der Waals surface area contributed by atoms with Gasteiger partial charge in [0.1, 0.15) is 0 Å². The topological polar surface area (TPSA) is 15.3 Å². The summed E-state index contributed by atoms with van der Waals surface area (Å²) < 4.78 is 0. The summed E-state index contributed by atoms with van der Waals surface area (Å²) in [6, 6.07) is 6.11. The van der Waals surface area contributed by atoms with E-state index < -0.39 is 0 Å². The molecule has 17 heavy (non-hydrogen) atoms. The first-order valence-electron chi connectivity index (χ1n) is 5.88. The van der Waals surface area contributed by atoms with Gasteiger partial charge in [-0.05, 0) is 24.4 Å². The molecule has 0 radical (unpaired) electrons. The molecule has 4 heteroatoms. The Morgan fingerprint density at radius 2 is 2.18 bits per heavy atom. The summed E-state index contributed by atoms with van der Waals surface area (Å²) in [5.41, 5.74) is 2.42. The smallest absolute Gasteiger partial charge is 0.0642 e. The van der Waals surface area contributed by atoms with Crippen LogP contribution in [0.2, 0.25) is 5.02 Å². The van der Waals surface area contributed by atoms with Gasteiger partial charge in [0.15, 0.2) is 0 Å². The van der Waals surface area contributed by atoms with Crippen LogP contribution in [0.5, 0.6) is 0 Å². The molecule has 0 aromatic heterocycles. The lowest BCUT2D eigenvalue weighted by Crippen LogP contribution is -2.23. The summed E-state index contributed by atoms with van der Waals surface area (Å²) >= 11 is 8.16. The largest absolute Gasteiger partial charge is 0.372 e. The van der Waals surface area contributed by atoms with Crippen LogP contribution in [0, 0.1) is 0 Å². The van der Waals surface area contributed by atoms with E-state index in [1.54, 1.807) is 0 Å². The molecule has 2 nitrogen and oxygen atoms in total. The average molecular weight is 273 g/mol. The molecule has 0 aliphatic heterocycles. The van der Waals surface area contributed by atoms with Gasteiger partial charge >= 0.3 is 0 Å². The number of rotatable bonds is 7. The first kappa shape index (κ1) is 14.7. The quantitative estimate of drug-likeness (QED) is 0.820. The SMILES string of the molecule is CCNCc1cccc(Cl)c1N(C)CCSC. The number of para-hydroxylation sites is 1. The lowest BCUT2D eigenvalue weighted by atomic mass is 10.1. The molecule has 0 fully saturated rings. The summed E-state index contributed by atoms with van der Waals surface area (Å²) in [4.78, 5) is 2.24. The van der Waals surface area contributed by atoms with Gasteiger partial charge in [-0.3, -0.25) is 0 Å². The Hall–Kier alpha value is -0.380. The van der Waals surface area contributed by atoms with Gasteiger partial charge in [0.2, 0.25) is 0 Å². The van der Waals surface area contributed by atoms with E-state index in [0.29, 0.717) is 0 Å². The van der Waals surface area contributed by atoms with Crippen LogP contribution in [0.15, 0.2) is 18.2 Å². The van der Waals surface area contributed by atoms with Gasteiger partial charge in [-0.25, -0.2) is 0 Å². The Kier molecular flexibility index (Phi) is 6.78. The highest BCUT2D eigenvalue weighted by Crippen LogP contribution is 2.29. The third-order valence-corrected chi connectivity index (χ3v) is 3.54. The molecule has 0 saturated carbocycles. The zero-order chi connectivity index (χ0) is 12.7. The number of hydrogen-bond acceptors (Lipinski definition) is 3. The monoisotopic (exact) mass is 272 g/mol. The van der Waals surface area contributed by atoms with Gasteiger partial charge < -0.3 is 10.2 Å². The Bertz CT molecular complexity index is 344. The number of benzene rings is 1. The van der Waals surface area contributed by atoms with Gasteiger partial charge in [-0.15, -0.1) is 0 Å². The Morgan fingerprint density at radius 3 is 2.82 bits per heavy atom. The highest BCUT2D eigenvalue weighted by molar-refractivity contribution is 7.98. The molecule has 0 aliphatic carbocycles. The Morgan fingerprint density at radius 1 is 1.41 bits per heavy atom. The van der Waals surface area contributed by atoms with Crippen LogP contribution in [-0.2, 0) is 6.54 Å². The fourth-order valence-electron chi connectivity index (χ4n) is 1.73. The molecule has 0 bridgehead atoms. The van der Waals surface area contributed by atoms with Gasteiger partial charge in [-0.1, -0.05) is 30.7 Å². The molecule has 0 aliphatic rings. The Balaban J connectivity index is 2.85. The van der Waals surface area contributed by atoms with E-state index in [4.69, 9.17) is 11.6 Å². The number of thioether (sulfide) groups is 1. The lowest BCUT2D eigenvalue weighted by molar-refractivity contribution is 0.724. The molecule has 0 unspecified atom stereocenters. The van der Waals surface area contributed by atoms with Crippen molar-refractivity contribution in [2.24, 2.45) is 0 Å². The van der Waals surface area contributed by atoms with E-state index in [1.807, 2.05) is 23.9 Å². The predicted molar refractivity (Wildman–Crippen MR) is 80.5 cm³/mol. The van der Waals surface area contributed by atoms with E-state index in [0.717, 1.165) is 36.1 Å². The van der Waals surface area contributed by atoms with Crippen molar-refractivity contribution in [3.05, 3.63) is 28.8 Å². The zero-order valence-electron chi connectivity index (χ0n) is 10.8. The summed E-state index contributed by atoms with van der Waals surface area (Å²) in [5.74, 6) is 1.11. The maximum Gasteiger partial charge on any atom is 0.0642 e. The van der Waals surface area contributed by atoms with E-state index in [1.165, 1.54) is 5.56 Å². The molecule has 0 spiro atoms. The maximum absolute atomic E-state index is 6.31. The second-order valence-corrected chi connectivity index (χ2v) is 5.34. The molecule has 0 saturated heterocycles. The molecule has 1 aromatic carbocycles. The first-order chi connectivity index (χ1) is 8.20. The van der Waals surface area contributed by atoms with Crippen LogP contribution < -0.4 is 10.2 Å². The number of nitrogens with zero attached hydrogens (tertiary/aromatic N) is 1. The van der Waals surface area contributed by atoms with Gasteiger partial charge in [0.25, 0.3) is 0 Å². The molecule has 0 heterocycles. The van der Waals surface area contributed by atoms with E-state index in [-0.39, 0.29) is 0 Å². The lowest BCUT2D eigenvalue weighted by Gasteiger charge is -2.23. The fourth-order valence-corrected chi connectivity index (χ4v) is 2.52. The summed E-state index contributed by atoms with van der Waals surface area (Å²) in [7, 11) is 2.10. The van der Waals surface area contributed by atoms with Crippen LogP contribution in [-0.4, -0.2) is 32.1 Å². The van der Waals surface area contributed by atoms with Crippen molar-refractivity contribution in [3.8, 4) is 0 Å². The predicted octanol–water partition coefficient (Wildman–Crippen LogP) is 3.25. The summed E-state index contributed by atoms with van der Waals surface area (Å²) in [5, 5.41) is 4.19. The van der Waals surface area contributed by atoms with Crippen molar-refractivity contribution in [2.45, 2.75) is 13.5 Å².